The molecule has 2 aliphatic rings. The number of hydrogen-bond donors (Lipinski definition) is 0. The number of benzene rings is 1. The first-order valence-corrected chi connectivity index (χ1v) is 10.5. The second-order valence-corrected chi connectivity index (χ2v) is 9.67. The fourth-order valence-electron chi connectivity index (χ4n) is 2.73. The third-order valence-electron chi connectivity index (χ3n) is 3.71. The van der Waals surface area contributed by atoms with Gasteiger partial charge in [0.25, 0.3) is 0 Å². The summed E-state index contributed by atoms with van der Waals surface area (Å²) in [5, 5.41) is 1.27. The molecule has 9 heteroatoms. The van der Waals surface area contributed by atoms with Crippen molar-refractivity contribution < 1.29 is 13.2 Å². The van der Waals surface area contributed by atoms with E-state index in [1.807, 2.05) is 0 Å². The van der Waals surface area contributed by atoms with Crippen molar-refractivity contribution >= 4 is 61.6 Å². The molecule has 2 fully saturated rings. The van der Waals surface area contributed by atoms with Gasteiger partial charge in [-0.2, -0.15) is 4.99 Å². The lowest BCUT2D eigenvalue weighted by Crippen LogP contribution is -2.37. The van der Waals surface area contributed by atoms with Gasteiger partial charge in [0.05, 0.1) is 17.5 Å². The molecule has 23 heavy (non-hydrogen) atoms. The number of carbonyl (C=O) groups is 1. The number of nitrogens with zero attached hydrogens (tertiary/aromatic N) is 2. The maximum atomic E-state index is 11.9. The minimum atomic E-state index is -3.09. The molecule has 2 aliphatic heterocycles. The van der Waals surface area contributed by atoms with Crippen LogP contribution in [-0.2, 0) is 14.6 Å². The van der Waals surface area contributed by atoms with Crippen molar-refractivity contribution in [2.75, 3.05) is 16.4 Å². The first-order valence-electron chi connectivity index (χ1n) is 7.03. The van der Waals surface area contributed by atoms with Crippen LogP contribution in [0.4, 0.5) is 5.69 Å². The predicted molar refractivity (Wildman–Crippen MR) is 95.5 cm³/mol. The van der Waals surface area contributed by atoms with Gasteiger partial charge in [0.1, 0.15) is 0 Å². The fraction of sp³-hybridized carbons (Fsp3) is 0.429. The molecule has 2 heterocycles. The number of hydrogen-bond acceptors (Lipinski definition) is 4. The summed E-state index contributed by atoms with van der Waals surface area (Å²) in [6.07, 6.45) is 0.293. The molecule has 0 bridgehead atoms. The molecule has 0 aliphatic carbocycles. The van der Waals surface area contributed by atoms with E-state index in [9.17, 15) is 13.2 Å². The Morgan fingerprint density at radius 3 is 2.57 bits per heavy atom. The van der Waals surface area contributed by atoms with E-state index in [1.165, 1.54) is 11.8 Å². The smallest absolute Gasteiger partial charge is 0.247 e. The Morgan fingerprint density at radius 2 is 1.96 bits per heavy atom. The van der Waals surface area contributed by atoms with Crippen LogP contribution in [0.5, 0.6) is 0 Å². The van der Waals surface area contributed by atoms with E-state index >= 15 is 0 Å². The van der Waals surface area contributed by atoms with Crippen molar-refractivity contribution in [2.45, 2.75) is 24.6 Å². The van der Waals surface area contributed by atoms with Crippen molar-refractivity contribution in [2.24, 2.45) is 4.99 Å². The average Bonchev–Trinajstić information content (AvgIpc) is 2.88. The van der Waals surface area contributed by atoms with Gasteiger partial charge in [-0.1, -0.05) is 41.9 Å². The maximum Gasteiger partial charge on any atom is 0.247 e. The lowest BCUT2D eigenvalue weighted by atomic mass is 10.2. The van der Waals surface area contributed by atoms with Gasteiger partial charge in [0.2, 0.25) is 5.91 Å². The largest absolute Gasteiger partial charge is 0.315 e. The van der Waals surface area contributed by atoms with Crippen LogP contribution in [0.25, 0.3) is 0 Å². The van der Waals surface area contributed by atoms with Gasteiger partial charge in [-0.25, -0.2) is 8.42 Å². The Bertz CT molecular complexity index is 775. The standard InChI is InChI=1S/C14H14Cl2N2O3S2/c1-2-13(19)17-14-18(10-4-8(15)3-9(16)5-10)11-6-23(20,21)7-12(11)22-14/h3-5,11-12H,2,6-7H2,1H3. The molecule has 0 spiro atoms. The number of fused-ring (bicyclic) bond motifs is 1. The molecule has 0 saturated carbocycles. The molecule has 2 atom stereocenters. The molecule has 2 saturated heterocycles. The van der Waals surface area contributed by atoms with E-state index in [4.69, 9.17) is 23.2 Å². The number of carbonyl (C=O) groups excluding carboxylic acids is 1. The van der Waals surface area contributed by atoms with Gasteiger partial charge in [-0.3, -0.25) is 4.79 Å². The number of amidine groups is 1. The van der Waals surface area contributed by atoms with Gasteiger partial charge in [-0.05, 0) is 18.2 Å². The number of amides is 1. The van der Waals surface area contributed by atoms with Crippen LogP contribution < -0.4 is 4.90 Å². The molecule has 0 N–H and O–H groups in total. The first-order chi connectivity index (χ1) is 10.8. The molecule has 1 amide bonds. The van der Waals surface area contributed by atoms with Gasteiger partial charge >= 0.3 is 0 Å². The van der Waals surface area contributed by atoms with Gasteiger partial charge < -0.3 is 4.90 Å². The summed E-state index contributed by atoms with van der Waals surface area (Å²) in [5.41, 5.74) is 0.655. The van der Waals surface area contributed by atoms with E-state index < -0.39 is 9.84 Å². The first kappa shape index (κ1) is 17.1. The van der Waals surface area contributed by atoms with Crippen LogP contribution in [-0.4, -0.2) is 42.3 Å². The zero-order valence-corrected chi connectivity index (χ0v) is 15.3. The van der Waals surface area contributed by atoms with Crippen LogP contribution in [0.2, 0.25) is 10.0 Å². The van der Waals surface area contributed by atoms with Crippen LogP contribution >= 0.6 is 35.0 Å². The Hall–Kier alpha value is -0.760. The minimum absolute atomic E-state index is 0.0358. The van der Waals surface area contributed by atoms with Crippen LogP contribution in [0.15, 0.2) is 23.2 Å². The number of thioether (sulfide) groups is 1. The lowest BCUT2D eigenvalue weighted by Gasteiger charge is -2.24. The van der Waals surface area contributed by atoms with E-state index in [2.05, 4.69) is 4.99 Å². The summed E-state index contributed by atoms with van der Waals surface area (Å²) in [6, 6.07) is 4.75. The molecule has 3 rings (SSSR count). The molecule has 1 aromatic rings. The topological polar surface area (TPSA) is 66.8 Å². The second kappa shape index (κ2) is 6.27. The van der Waals surface area contributed by atoms with Gasteiger partial charge in [0, 0.05) is 27.4 Å². The SMILES string of the molecule is CCC(=O)N=C1SC2CS(=O)(=O)CC2N1c1cc(Cl)cc(Cl)c1. The minimum Gasteiger partial charge on any atom is -0.315 e. The van der Waals surface area contributed by atoms with E-state index in [1.54, 1.807) is 30.0 Å². The van der Waals surface area contributed by atoms with E-state index in [-0.39, 0.29) is 28.7 Å². The quantitative estimate of drug-likeness (QED) is 0.773. The summed E-state index contributed by atoms with van der Waals surface area (Å²) >= 11 is 13.5. The molecule has 1 aromatic carbocycles. The highest BCUT2D eigenvalue weighted by atomic mass is 35.5. The number of halogens is 2. The summed E-state index contributed by atoms with van der Waals surface area (Å²) in [7, 11) is -3.09. The normalized spacial score (nSPS) is 27.4. The van der Waals surface area contributed by atoms with Crippen LogP contribution in [0, 0.1) is 0 Å². The van der Waals surface area contributed by atoms with Crippen molar-refractivity contribution in [3.05, 3.63) is 28.2 Å². The Balaban J connectivity index is 2.06. The van der Waals surface area contributed by atoms with Crippen LogP contribution in [0.3, 0.4) is 0 Å². The molecule has 124 valence electrons. The summed E-state index contributed by atoms with van der Waals surface area (Å²) in [5.74, 6) is -0.117. The Labute approximate surface area is 149 Å². The second-order valence-electron chi connectivity index (χ2n) is 5.44. The number of rotatable bonds is 2. The predicted octanol–water partition coefficient (Wildman–Crippen LogP) is 3.00. The summed E-state index contributed by atoms with van der Waals surface area (Å²) in [4.78, 5) is 17.6. The summed E-state index contributed by atoms with van der Waals surface area (Å²) in [6.45, 7) is 1.73. The number of aliphatic imine (C=N–C) groups is 1. The monoisotopic (exact) mass is 392 g/mol. The molecule has 0 aromatic heterocycles. The van der Waals surface area contributed by atoms with Gasteiger partial charge in [-0.15, -0.1) is 0 Å². The number of anilines is 1. The molecular weight excluding hydrogens is 379 g/mol. The van der Waals surface area contributed by atoms with Crippen LogP contribution in [0.1, 0.15) is 13.3 Å². The molecular formula is C14H14Cl2N2O3S2. The zero-order chi connectivity index (χ0) is 16.8. The molecule has 2 unspecified atom stereocenters. The third-order valence-corrected chi connectivity index (χ3v) is 7.36. The Kier molecular flexibility index (Phi) is 4.66. The summed E-state index contributed by atoms with van der Waals surface area (Å²) < 4.78 is 23.9. The molecule has 0 radical (unpaired) electrons. The highest BCUT2D eigenvalue weighted by Gasteiger charge is 2.49. The van der Waals surface area contributed by atoms with Crippen molar-refractivity contribution in [1.29, 1.82) is 0 Å². The van der Waals surface area contributed by atoms with Crippen molar-refractivity contribution in [3.8, 4) is 0 Å². The third kappa shape index (κ3) is 3.52. The average molecular weight is 393 g/mol. The van der Waals surface area contributed by atoms with Crippen molar-refractivity contribution in [3.63, 3.8) is 0 Å². The lowest BCUT2D eigenvalue weighted by molar-refractivity contribution is -0.117. The highest BCUT2D eigenvalue weighted by Crippen LogP contribution is 2.42. The number of sulfone groups is 1. The maximum absolute atomic E-state index is 11.9. The fourth-order valence-corrected chi connectivity index (χ4v) is 7.18. The van der Waals surface area contributed by atoms with Crippen molar-refractivity contribution in [1.82, 2.24) is 0 Å². The van der Waals surface area contributed by atoms with E-state index in [0.29, 0.717) is 27.3 Å². The Morgan fingerprint density at radius 1 is 1.30 bits per heavy atom. The highest BCUT2D eigenvalue weighted by molar-refractivity contribution is 8.16. The zero-order valence-electron chi connectivity index (χ0n) is 12.2. The van der Waals surface area contributed by atoms with Gasteiger partial charge in [0.15, 0.2) is 15.0 Å². The van der Waals surface area contributed by atoms with E-state index in [0.717, 1.165) is 0 Å². The molecule has 5 nitrogen and oxygen atoms in total.